The molecule has 0 amide bonds. The molecule has 0 bridgehead atoms. The Labute approximate surface area is 127 Å². The Hall–Kier alpha value is -0.500. The van der Waals surface area contributed by atoms with E-state index in [1.807, 2.05) is 0 Å². The molecule has 0 spiro atoms. The van der Waals surface area contributed by atoms with Gasteiger partial charge in [0.25, 0.3) is 0 Å². The molecule has 3 N–H and O–H groups in total. The second-order valence-electron chi connectivity index (χ2n) is 5.08. The lowest BCUT2D eigenvalue weighted by Crippen LogP contribution is -2.44. The molecule has 1 aromatic carbocycles. The van der Waals surface area contributed by atoms with Crippen LogP contribution >= 0.6 is 15.9 Å². The lowest BCUT2D eigenvalue weighted by molar-refractivity contribution is 0.296. The maximum atomic E-state index is 13.7. The third kappa shape index (κ3) is 3.58. The van der Waals surface area contributed by atoms with E-state index in [1.54, 1.807) is 0 Å². The summed E-state index contributed by atoms with van der Waals surface area (Å²) in [6, 6.07) is 3.67. The standard InChI is InChI=1S/C13H18BrFN2O2S/c14-10-5-6-11(15)13(7-10)20(18,19)17-12-4-2-1-3-9(12)8-16/h5-7,9,12,17H,1-4,8,16H2. The van der Waals surface area contributed by atoms with E-state index in [0.29, 0.717) is 11.0 Å². The molecule has 0 saturated heterocycles. The van der Waals surface area contributed by atoms with Gasteiger partial charge < -0.3 is 5.73 Å². The molecule has 0 heterocycles. The fourth-order valence-corrected chi connectivity index (χ4v) is 4.55. The third-order valence-corrected chi connectivity index (χ3v) is 5.70. The minimum absolute atomic E-state index is 0.119. The molecule has 1 aliphatic carbocycles. The van der Waals surface area contributed by atoms with E-state index in [2.05, 4.69) is 20.7 Å². The van der Waals surface area contributed by atoms with Gasteiger partial charge in [0.15, 0.2) is 0 Å². The zero-order valence-corrected chi connectivity index (χ0v) is 13.4. The van der Waals surface area contributed by atoms with Crippen LogP contribution in [0.4, 0.5) is 4.39 Å². The molecule has 1 saturated carbocycles. The Bertz CT molecular complexity index is 580. The van der Waals surface area contributed by atoms with E-state index in [0.717, 1.165) is 31.7 Å². The fourth-order valence-electron chi connectivity index (χ4n) is 2.59. The summed E-state index contributed by atoms with van der Waals surface area (Å²) < 4.78 is 41.5. The van der Waals surface area contributed by atoms with Crippen LogP contribution < -0.4 is 10.5 Å². The first kappa shape index (κ1) is 15.9. The summed E-state index contributed by atoms with van der Waals surface area (Å²) in [5.74, 6) is -0.630. The monoisotopic (exact) mass is 364 g/mol. The maximum Gasteiger partial charge on any atom is 0.243 e. The topological polar surface area (TPSA) is 72.2 Å². The van der Waals surface area contributed by atoms with Gasteiger partial charge in [0.1, 0.15) is 10.7 Å². The van der Waals surface area contributed by atoms with Crippen LogP contribution in [0.5, 0.6) is 0 Å². The zero-order valence-electron chi connectivity index (χ0n) is 11.0. The highest BCUT2D eigenvalue weighted by molar-refractivity contribution is 9.10. The predicted octanol–water partition coefficient (Wildman–Crippen LogP) is 2.38. The van der Waals surface area contributed by atoms with Crippen molar-refractivity contribution in [3.8, 4) is 0 Å². The van der Waals surface area contributed by atoms with E-state index in [4.69, 9.17) is 5.73 Å². The number of nitrogens with two attached hydrogens (primary N) is 1. The molecule has 4 nitrogen and oxygen atoms in total. The minimum Gasteiger partial charge on any atom is -0.330 e. The molecule has 7 heteroatoms. The Kier molecular flexibility index (Phi) is 5.17. The first-order valence-electron chi connectivity index (χ1n) is 6.61. The van der Waals surface area contributed by atoms with Crippen molar-refractivity contribution in [2.24, 2.45) is 11.7 Å². The second kappa shape index (κ2) is 6.51. The van der Waals surface area contributed by atoms with Gasteiger partial charge >= 0.3 is 0 Å². The molecule has 2 unspecified atom stereocenters. The molecule has 1 fully saturated rings. The fraction of sp³-hybridized carbons (Fsp3) is 0.538. The molecule has 1 aliphatic rings. The highest BCUT2D eigenvalue weighted by Gasteiger charge is 2.30. The maximum absolute atomic E-state index is 13.7. The molecule has 2 rings (SSSR count). The lowest BCUT2D eigenvalue weighted by Gasteiger charge is -2.31. The van der Waals surface area contributed by atoms with E-state index < -0.39 is 15.8 Å². The van der Waals surface area contributed by atoms with Crippen LogP contribution in [-0.4, -0.2) is 21.0 Å². The Balaban J connectivity index is 2.24. The smallest absolute Gasteiger partial charge is 0.243 e. The second-order valence-corrected chi connectivity index (χ2v) is 7.68. The number of benzene rings is 1. The van der Waals surface area contributed by atoms with E-state index in [1.165, 1.54) is 12.1 Å². The lowest BCUT2D eigenvalue weighted by atomic mass is 9.85. The Morgan fingerprint density at radius 2 is 2.05 bits per heavy atom. The van der Waals surface area contributed by atoms with E-state index in [-0.39, 0.29) is 16.9 Å². The largest absolute Gasteiger partial charge is 0.330 e. The number of nitrogens with one attached hydrogen (secondary N) is 1. The van der Waals surface area contributed by atoms with Gasteiger partial charge in [0.2, 0.25) is 10.0 Å². The van der Waals surface area contributed by atoms with Crippen molar-refractivity contribution in [3.05, 3.63) is 28.5 Å². The van der Waals surface area contributed by atoms with Gasteiger partial charge in [-0.1, -0.05) is 28.8 Å². The van der Waals surface area contributed by atoms with Crippen LogP contribution in [0.2, 0.25) is 0 Å². The first-order chi connectivity index (χ1) is 9.44. The van der Waals surface area contributed by atoms with Crippen molar-refractivity contribution in [3.63, 3.8) is 0 Å². The number of halogens is 2. The van der Waals surface area contributed by atoms with Crippen LogP contribution in [-0.2, 0) is 10.0 Å². The molecular formula is C13H18BrFN2O2S. The molecule has 0 aliphatic heterocycles. The van der Waals surface area contributed by atoms with Crippen molar-refractivity contribution >= 4 is 26.0 Å². The normalized spacial score (nSPS) is 23.8. The van der Waals surface area contributed by atoms with Crippen LogP contribution in [0, 0.1) is 11.7 Å². The van der Waals surface area contributed by atoms with Crippen molar-refractivity contribution in [1.82, 2.24) is 4.72 Å². The van der Waals surface area contributed by atoms with Gasteiger partial charge in [-0.3, -0.25) is 0 Å². The molecule has 0 aromatic heterocycles. The summed E-state index contributed by atoms with van der Waals surface area (Å²) in [5, 5.41) is 0. The summed E-state index contributed by atoms with van der Waals surface area (Å²) in [6.07, 6.45) is 3.68. The van der Waals surface area contributed by atoms with Crippen LogP contribution in [0.25, 0.3) is 0 Å². The first-order valence-corrected chi connectivity index (χ1v) is 8.89. The van der Waals surface area contributed by atoms with Gasteiger partial charge in [-0.15, -0.1) is 0 Å². The molecule has 0 radical (unpaired) electrons. The van der Waals surface area contributed by atoms with E-state index >= 15 is 0 Å². The van der Waals surface area contributed by atoms with Gasteiger partial charge in [-0.2, -0.15) is 0 Å². The van der Waals surface area contributed by atoms with Crippen molar-refractivity contribution in [2.75, 3.05) is 6.54 Å². The molecule has 112 valence electrons. The number of hydrogen-bond donors (Lipinski definition) is 2. The highest BCUT2D eigenvalue weighted by Crippen LogP contribution is 2.26. The third-order valence-electron chi connectivity index (χ3n) is 3.70. The van der Waals surface area contributed by atoms with Crippen molar-refractivity contribution < 1.29 is 12.8 Å². The number of sulfonamides is 1. The summed E-state index contributed by atoms with van der Waals surface area (Å²) in [6.45, 7) is 0.439. The molecule has 2 atom stereocenters. The summed E-state index contributed by atoms with van der Waals surface area (Å²) in [7, 11) is -3.87. The van der Waals surface area contributed by atoms with Gasteiger partial charge in [-0.05, 0) is 43.5 Å². The predicted molar refractivity (Wildman–Crippen MR) is 79.2 cm³/mol. The van der Waals surface area contributed by atoms with Crippen LogP contribution in [0.1, 0.15) is 25.7 Å². The van der Waals surface area contributed by atoms with Gasteiger partial charge in [0.05, 0.1) is 0 Å². The molecule has 1 aromatic rings. The average Bonchev–Trinajstić information content (AvgIpc) is 2.41. The number of hydrogen-bond acceptors (Lipinski definition) is 3. The minimum atomic E-state index is -3.87. The van der Waals surface area contributed by atoms with Crippen LogP contribution in [0.15, 0.2) is 27.6 Å². The Morgan fingerprint density at radius 1 is 1.35 bits per heavy atom. The summed E-state index contributed by atoms with van der Waals surface area (Å²) in [5.41, 5.74) is 5.69. The van der Waals surface area contributed by atoms with Gasteiger partial charge in [-0.25, -0.2) is 17.5 Å². The average molecular weight is 365 g/mol. The van der Waals surface area contributed by atoms with Crippen molar-refractivity contribution in [1.29, 1.82) is 0 Å². The Morgan fingerprint density at radius 3 is 2.75 bits per heavy atom. The summed E-state index contributed by atoms with van der Waals surface area (Å²) >= 11 is 3.16. The molecular weight excluding hydrogens is 347 g/mol. The van der Waals surface area contributed by atoms with Crippen LogP contribution in [0.3, 0.4) is 0 Å². The molecule has 20 heavy (non-hydrogen) atoms. The van der Waals surface area contributed by atoms with Crippen molar-refractivity contribution in [2.45, 2.75) is 36.6 Å². The van der Waals surface area contributed by atoms with Gasteiger partial charge in [0, 0.05) is 10.5 Å². The quantitative estimate of drug-likeness (QED) is 0.861. The SMILES string of the molecule is NCC1CCCCC1NS(=O)(=O)c1cc(Br)ccc1F. The highest BCUT2D eigenvalue weighted by atomic mass is 79.9. The number of rotatable bonds is 4. The summed E-state index contributed by atoms with van der Waals surface area (Å²) in [4.78, 5) is -0.326. The zero-order chi connectivity index (χ0) is 14.8. The van der Waals surface area contributed by atoms with E-state index in [9.17, 15) is 12.8 Å².